The fourth-order valence-corrected chi connectivity index (χ4v) is 4.08. The van der Waals surface area contributed by atoms with Crippen LogP contribution >= 0.6 is 0 Å². The first-order chi connectivity index (χ1) is 18.0. The number of halogens is 3. The molecule has 3 amide bonds. The quantitative estimate of drug-likeness (QED) is 0.304. The molecule has 0 radical (unpaired) electrons. The van der Waals surface area contributed by atoms with Gasteiger partial charge in [-0.05, 0) is 60.9 Å². The zero-order valence-corrected chi connectivity index (χ0v) is 20.2. The Balaban J connectivity index is 1.50. The van der Waals surface area contributed by atoms with Gasteiger partial charge < -0.3 is 15.0 Å². The number of alkyl halides is 3. The molecule has 1 fully saturated rings. The van der Waals surface area contributed by atoms with Crippen molar-refractivity contribution in [1.29, 1.82) is 0 Å². The Morgan fingerprint density at radius 3 is 2.37 bits per heavy atom. The van der Waals surface area contributed by atoms with Crippen LogP contribution in [-0.4, -0.2) is 41.2 Å². The lowest BCUT2D eigenvalue weighted by atomic mass is 10.1. The summed E-state index contributed by atoms with van der Waals surface area (Å²) in [6.07, 6.45) is -4.16. The average Bonchev–Trinajstić information content (AvgIpc) is 2.86. The summed E-state index contributed by atoms with van der Waals surface area (Å²) in [6.45, 7) is 2.86. The summed E-state index contributed by atoms with van der Waals surface area (Å²) < 4.78 is 41.1. The van der Waals surface area contributed by atoms with Crippen LogP contribution in [0.3, 0.4) is 0 Å². The molecule has 0 saturated carbocycles. The number of hydrogen-bond acceptors (Lipinski definition) is 5. The number of aryl methyl sites for hydroxylation is 1. The molecule has 38 heavy (non-hydrogen) atoms. The zero-order valence-electron chi connectivity index (χ0n) is 20.2. The minimum atomic E-state index is -4.79. The highest BCUT2D eigenvalue weighted by Gasteiger charge is 2.31. The van der Waals surface area contributed by atoms with Crippen LogP contribution in [-0.2, 0) is 6.54 Å². The molecule has 0 atom stereocenters. The second-order valence-corrected chi connectivity index (χ2v) is 8.68. The molecule has 3 aromatic rings. The topological polar surface area (TPSA) is 105 Å². The van der Waals surface area contributed by atoms with E-state index >= 15 is 0 Å². The van der Waals surface area contributed by atoms with E-state index in [0.29, 0.717) is 36.4 Å². The second-order valence-electron chi connectivity index (χ2n) is 8.68. The smallest absolute Gasteiger partial charge is 0.406 e. The van der Waals surface area contributed by atoms with Gasteiger partial charge in [0, 0.05) is 37.3 Å². The molecule has 1 saturated heterocycles. The maximum absolute atomic E-state index is 13.4. The lowest BCUT2D eigenvalue weighted by Gasteiger charge is -2.36. The van der Waals surface area contributed by atoms with Crippen LogP contribution in [0.4, 0.5) is 35.0 Å². The van der Waals surface area contributed by atoms with E-state index in [9.17, 15) is 32.9 Å². The Bertz CT molecular complexity index is 1340. The molecule has 4 rings (SSSR count). The van der Waals surface area contributed by atoms with E-state index in [4.69, 9.17) is 0 Å². The van der Waals surface area contributed by atoms with Crippen LogP contribution in [0, 0.1) is 17.0 Å². The first kappa shape index (κ1) is 26.5. The third-order valence-electron chi connectivity index (χ3n) is 5.87. The van der Waals surface area contributed by atoms with Crippen LogP contribution in [0.5, 0.6) is 5.75 Å². The first-order valence-corrected chi connectivity index (χ1v) is 11.6. The van der Waals surface area contributed by atoms with Crippen LogP contribution in [0.1, 0.15) is 27.9 Å². The summed E-state index contributed by atoms with van der Waals surface area (Å²) in [5.74, 6) is -0.838. The van der Waals surface area contributed by atoms with Gasteiger partial charge in [-0.15, -0.1) is 13.2 Å². The number of rotatable bonds is 7. The molecule has 1 N–H and O–H groups in total. The van der Waals surface area contributed by atoms with Gasteiger partial charge in [-0.25, -0.2) is 4.79 Å². The number of hydrogen-bond donors (Lipinski definition) is 1. The number of anilines is 2. The van der Waals surface area contributed by atoms with Crippen molar-refractivity contribution in [1.82, 2.24) is 4.90 Å². The summed E-state index contributed by atoms with van der Waals surface area (Å²) in [6, 6.07) is 15.4. The van der Waals surface area contributed by atoms with Gasteiger partial charge in [0.15, 0.2) is 0 Å². The van der Waals surface area contributed by atoms with Crippen LogP contribution in [0.25, 0.3) is 0 Å². The molecule has 1 aliphatic rings. The van der Waals surface area contributed by atoms with Gasteiger partial charge in [-0.1, -0.05) is 18.2 Å². The van der Waals surface area contributed by atoms with Gasteiger partial charge in [-0.2, -0.15) is 0 Å². The molecule has 12 heteroatoms. The van der Waals surface area contributed by atoms with Crippen molar-refractivity contribution in [2.75, 3.05) is 23.3 Å². The fourth-order valence-electron chi connectivity index (χ4n) is 4.08. The third kappa shape index (κ3) is 6.38. The molecule has 0 unspecified atom stereocenters. The minimum Gasteiger partial charge on any atom is -0.406 e. The zero-order chi connectivity index (χ0) is 27.4. The summed E-state index contributed by atoms with van der Waals surface area (Å²) in [5, 5.41) is 13.7. The van der Waals surface area contributed by atoms with E-state index in [1.807, 2.05) is 13.0 Å². The number of nitro benzene ring substituents is 1. The van der Waals surface area contributed by atoms with Crippen molar-refractivity contribution >= 4 is 29.0 Å². The summed E-state index contributed by atoms with van der Waals surface area (Å²) in [4.78, 5) is 39.7. The maximum Gasteiger partial charge on any atom is 0.573 e. The molecule has 0 aromatic heterocycles. The number of nitrogens with zero attached hydrogens (tertiary/aromatic N) is 3. The predicted molar refractivity (Wildman–Crippen MR) is 133 cm³/mol. The standard InChI is InChI=1S/C26H23F3N4O5/c1-17-3-12-23(22(15-17)30-24(34)19-6-8-20(9-7-19)33(36)37)32-14-2-13-31(25(32)35)16-18-4-10-21(11-5-18)38-26(27,28)29/h3-12,15H,2,13-14,16H2,1H3,(H,30,34). The molecule has 1 heterocycles. The molecule has 0 aliphatic carbocycles. The number of amides is 3. The van der Waals surface area contributed by atoms with Gasteiger partial charge in [0.2, 0.25) is 0 Å². The Morgan fingerprint density at radius 1 is 1.05 bits per heavy atom. The maximum atomic E-state index is 13.4. The molecule has 3 aromatic carbocycles. The molecular weight excluding hydrogens is 505 g/mol. The van der Waals surface area contributed by atoms with E-state index < -0.39 is 17.2 Å². The monoisotopic (exact) mass is 528 g/mol. The van der Waals surface area contributed by atoms with E-state index in [1.54, 1.807) is 17.0 Å². The van der Waals surface area contributed by atoms with E-state index in [0.717, 1.165) is 5.56 Å². The van der Waals surface area contributed by atoms with Gasteiger partial charge in [-0.3, -0.25) is 19.8 Å². The SMILES string of the molecule is Cc1ccc(N2CCCN(Cc3ccc(OC(F)(F)F)cc3)C2=O)c(NC(=O)c2ccc([N+](=O)[O-])cc2)c1. The first-order valence-electron chi connectivity index (χ1n) is 11.6. The summed E-state index contributed by atoms with van der Waals surface area (Å²) in [7, 11) is 0. The molecule has 198 valence electrons. The Hall–Kier alpha value is -4.61. The minimum absolute atomic E-state index is 0.140. The van der Waals surface area contributed by atoms with Gasteiger partial charge in [0.05, 0.1) is 16.3 Å². The molecule has 1 aliphatic heterocycles. The second kappa shape index (κ2) is 10.8. The molecule has 0 spiro atoms. The van der Waals surface area contributed by atoms with Crippen LogP contribution in [0.2, 0.25) is 0 Å². The number of carbonyl (C=O) groups is 2. The number of carbonyl (C=O) groups excluding carboxylic acids is 2. The van der Waals surface area contributed by atoms with Crippen LogP contribution < -0.4 is 15.0 Å². The van der Waals surface area contributed by atoms with Crippen molar-refractivity contribution in [3.63, 3.8) is 0 Å². The third-order valence-corrected chi connectivity index (χ3v) is 5.87. The largest absolute Gasteiger partial charge is 0.573 e. The Morgan fingerprint density at radius 2 is 1.74 bits per heavy atom. The van der Waals surface area contributed by atoms with Gasteiger partial charge in [0.25, 0.3) is 11.6 Å². The summed E-state index contributed by atoms with van der Waals surface area (Å²) >= 11 is 0. The van der Waals surface area contributed by atoms with Gasteiger partial charge >= 0.3 is 12.4 Å². The summed E-state index contributed by atoms with van der Waals surface area (Å²) in [5.41, 5.74) is 2.43. The highest BCUT2D eigenvalue weighted by atomic mass is 19.4. The predicted octanol–water partition coefficient (Wildman–Crippen LogP) is 5.89. The average molecular weight is 528 g/mol. The van der Waals surface area contributed by atoms with E-state index in [1.165, 1.54) is 53.4 Å². The number of nitrogens with one attached hydrogen (secondary N) is 1. The van der Waals surface area contributed by atoms with Crippen molar-refractivity contribution in [2.24, 2.45) is 0 Å². The number of benzene rings is 3. The van der Waals surface area contributed by atoms with Crippen molar-refractivity contribution < 1.29 is 32.4 Å². The number of ether oxygens (including phenoxy) is 1. The Labute approximate surface area is 215 Å². The molecule has 9 nitrogen and oxygen atoms in total. The Kier molecular flexibility index (Phi) is 7.51. The lowest BCUT2D eigenvalue weighted by Crippen LogP contribution is -2.49. The lowest BCUT2D eigenvalue weighted by molar-refractivity contribution is -0.384. The highest BCUT2D eigenvalue weighted by Crippen LogP contribution is 2.31. The number of non-ortho nitro benzene ring substituents is 1. The normalized spacial score (nSPS) is 13.8. The number of urea groups is 1. The highest BCUT2D eigenvalue weighted by molar-refractivity contribution is 6.07. The van der Waals surface area contributed by atoms with E-state index in [-0.39, 0.29) is 29.6 Å². The van der Waals surface area contributed by atoms with Gasteiger partial charge in [0.1, 0.15) is 5.75 Å². The van der Waals surface area contributed by atoms with Crippen molar-refractivity contribution in [2.45, 2.75) is 26.3 Å². The molecular formula is C26H23F3N4O5. The number of nitro groups is 1. The molecule has 0 bridgehead atoms. The van der Waals surface area contributed by atoms with Crippen LogP contribution in [0.15, 0.2) is 66.7 Å². The fraction of sp³-hybridized carbons (Fsp3) is 0.231. The van der Waals surface area contributed by atoms with Crippen molar-refractivity contribution in [3.8, 4) is 5.75 Å². The van der Waals surface area contributed by atoms with E-state index in [2.05, 4.69) is 10.1 Å². The van der Waals surface area contributed by atoms with Crippen molar-refractivity contribution in [3.05, 3.63) is 93.5 Å².